The summed E-state index contributed by atoms with van der Waals surface area (Å²) in [6.45, 7) is 3.50. The Bertz CT molecular complexity index is 2390. The minimum absolute atomic E-state index is 0.0257. The van der Waals surface area contributed by atoms with Crippen molar-refractivity contribution in [3.63, 3.8) is 0 Å². The molecule has 0 bridgehead atoms. The van der Waals surface area contributed by atoms with Gasteiger partial charge in [-0.1, -0.05) is 6.42 Å². The van der Waals surface area contributed by atoms with Crippen molar-refractivity contribution in [1.29, 1.82) is 0 Å². The van der Waals surface area contributed by atoms with Gasteiger partial charge >= 0.3 is 0 Å². The summed E-state index contributed by atoms with van der Waals surface area (Å²) in [6, 6.07) is -4.77. The Balaban J connectivity index is 1.56. The van der Waals surface area contributed by atoms with Crippen LogP contribution in [0.5, 0.6) is 0 Å². The molecule has 35 heteroatoms. The van der Waals surface area contributed by atoms with Crippen LogP contribution < -0.4 is 47.9 Å². The number of unbranched alkanes of at least 4 members (excludes halogenated alkanes) is 6. The molecular weight excluding hydrogens is 1320 g/mol. The first-order valence-corrected chi connectivity index (χ1v) is 35.2. The quantitative estimate of drug-likeness (QED) is 0.0254. The molecule has 0 aromatic carbocycles. The lowest BCUT2D eigenvalue weighted by Gasteiger charge is -2.42. The van der Waals surface area contributed by atoms with E-state index < -0.39 is 153 Å². The van der Waals surface area contributed by atoms with Crippen molar-refractivity contribution in [2.45, 2.75) is 266 Å². The fraction of sp³-hybridized carbons (Fsp3) is 0.862. The summed E-state index contributed by atoms with van der Waals surface area (Å²) >= 11 is 0. The van der Waals surface area contributed by atoms with Crippen LogP contribution in [0.1, 0.15) is 162 Å². The Morgan fingerprint density at radius 2 is 0.750 bits per heavy atom. The second-order valence-electron chi connectivity index (χ2n) is 25.6. The zero-order chi connectivity index (χ0) is 73.9. The van der Waals surface area contributed by atoms with E-state index in [4.69, 9.17) is 33.2 Å². The minimum Gasteiger partial charge on any atom is -0.396 e. The summed E-state index contributed by atoms with van der Waals surface area (Å²) in [4.78, 5) is 115. The summed E-state index contributed by atoms with van der Waals surface area (Å²) in [5.74, 6) is -3.50. The average molecular weight is 1440 g/mol. The van der Waals surface area contributed by atoms with Crippen molar-refractivity contribution in [1.82, 2.24) is 47.9 Å². The van der Waals surface area contributed by atoms with Crippen LogP contribution in [-0.4, -0.2) is 294 Å². The molecule has 0 radical (unpaired) electrons. The number of aliphatic hydroxyl groups excluding tert-OH is 10. The molecule has 3 aliphatic rings. The number of aliphatic hydroxyl groups is 10. The summed E-state index contributed by atoms with van der Waals surface area (Å²) < 4.78 is 39.1. The molecule has 3 rings (SSSR count). The number of hydrogen-bond acceptors (Lipinski definition) is 26. The maximum absolute atomic E-state index is 13.8. The zero-order valence-electron chi connectivity index (χ0n) is 58.4. The van der Waals surface area contributed by atoms with Crippen molar-refractivity contribution in [2.24, 2.45) is 5.92 Å². The van der Waals surface area contributed by atoms with E-state index in [-0.39, 0.29) is 120 Å². The van der Waals surface area contributed by atoms with Crippen molar-refractivity contribution in [2.75, 3.05) is 86.1 Å². The van der Waals surface area contributed by atoms with E-state index in [0.29, 0.717) is 110 Å². The first-order chi connectivity index (χ1) is 47.9. The predicted octanol–water partition coefficient (Wildman–Crippen LogP) is -4.86. The molecule has 0 aliphatic carbocycles. The van der Waals surface area contributed by atoms with Gasteiger partial charge in [-0.2, -0.15) is 0 Å². The van der Waals surface area contributed by atoms with E-state index >= 15 is 0 Å². The molecule has 35 nitrogen and oxygen atoms in total. The van der Waals surface area contributed by atoms with Gasteiger partial charge in [-0.15, -0.1) is 0 Å². The molecule has 100 heavy (non-hydrogen) atoms. The SMILES string of the molecule is COCC(CO)CCCCNC(=O)[C@H](CCCCNC(=O)CCCCO[C@@H]1OC(CO)[C@H](O)[C@H](O)C1NC(C)=O)NC(=O)CC[C@H](CCCCNC(=O)CCCCO[C@@H]1OC(CO)[C@H](O)[C@H](O)C1NC(C)=O)NC(=O)CCCNC(=O)CCCCO[C@@H]1OC(CO)[C@H](O)[C@H](O)C1NC(C)=O. The highest BCUT2D eigenvalue weighted by atomic mass is 16.7. The van der Waals surface area contributed by atoms with Gasteiger partial charge in [0.1, 0.15) is 79.1 Å². The van der Waals surface area contributed by atoms with Crippen LogP contribution in [0.4, 0.5) is 0 Å². The lowest BCUT2D eigenvalue weighted by Crippen LogP contribution is -2.64. The molecule has 18 atom stereocenters. The van der Waals surface area contributed by atoms with E-state index in [9.17, 15) is 94.2 Å². The van der Waals surface area contributed by atoms with Crippen LogP contribution in [0.3, 0.4) is 0 Å². The van der Waals surface area contributed by atoms with Gasteiger partial charge in [-0.05, 0) is 103 Å². The normalized spacial score (nSPS) is 26.0. The number of hydrogen-bond donors (Lipinski definition) is 19. The molecule has 0 aromatic rings. The highest BCUT2D eigenvalue weighted by Crippen LogP contribution is 2.26. The second-order valence-corrected chi connectivity index (χ2v) is 25.6. The Kier molecular flexibility index (Phi) is 45.1. The molecule has 0 spiro atoms. The van der Waals surface area contributed by atoms with Crippen molar-refractivity contribution in [3.8, 4) is 0 Å². The first kappa shape index (κ1) is 88.8. The number of amides is 9. The van der Waals surface area contributed by atoms with E-state index in [1.165, 1.54) is 20.8 Å². The minimum atomic E-state index is -1.47. The highest BCUT2D eigenvalue weighted by Gasteiger charge is 2.48. The van der Waals surface area contributed by atoms with Crippen molar-refractivity contribution in [3.05, 3.63) is 0 Å². The van der Waals surface area contributed by atoms with Crippen LogP contribution in [-0.2, 0) is 76.3 Å². The van der Waals surface area contributed by atoms with Gasteiger partial charge in [-0.25, -0.2) is 0 Å². The molecule has 3 fully saturated rings. The van der Waals surface area contributed by atoms with Crippen LogP contribution in [0, 0.1) is 5.92 Å². The molecule has 578 valence electrons. The number of methoxy groups -OCH3 is 1. The van der Waals surface area contributed by atoms with Gasteiger partial charge in [0.15, 0.2) is 18.9 Å². The lowest BCUT2D eigenvalue weighted by atomic mass is 9.97. The number of carbonyl (C=O) groups excluding carboxylic acids is 9. The molecule has 19 N–H and O–H groups in total. The molecule has 3 saturated heterocycles. The van der Waals surface area contributed by atoms with Gasteiger partial charge < -0.3 is 132 Å². The third kappa shape index (κ3) is 34.7. The fourth-order valence-corrected chi connectivity index (χ4v) is 11.6. The Morgan fingerprint density at radius 3 is 1.13 bits per heavy atom. The van der Waals surface area contributed by atoms with E-state index in [2.05, 4.69) is 47.9 Å². The third-order valence-corrected chi connectivity index (χ3v) is 17.2. The molecule has 7 unspecified atom stereocenters. The van der Waals surface area contributed by atoms with Crippen molar-refractivity contribution >= 4 is 53.2 Å². The van der Waals surface area contributed by atoms with Crippen LogP contribution >= 0.6 is 0 Å². The van der Waals surface area contributed by atoms with E-state index in [1.807, 2.05) is 0 Å². The highest BCUT2D eigenvalue weighted by molar-refractivity contribution is 5.87. The molecule has 3 aliphatic heterocycles. The molecule has 0 saturated carbocycles. The maximum Gasteiger partial charge on any atom is 0.242 e. The molecule has 9 amide bonds. The van der Waals surface area contributed by atoms with Crippen LogP contribution in [0.25, 0.3) is 0 Å². The van der Waals surface area contributed by atoms with Crippen LogP contribution in [0.15, 0.2) is 0 Å². The fourth-order valence-electron chi connectivity index (χ4n) is 11.6. The van der Waals surface area contributed by atoms with Gasteiger partial charge in [0, 0.05) is 125 Å². The summed E-state index contributed by atoms with van der Waals surface area (Å²) in [6.07, 6.45) is -8.02. The summed E-state index contributed by atoms with van der Waals surface area (Å²) in [5, 5.41) is 126. The molecule has 3 heterocycles. The largest absolute Gasteiger partial charge is 0.396 e. The number of nitrogens with one attached hydrogen (secondary N) is 9. The van der Waals surface area contributed by atoms with Crippen molar-refractivity contribution < 1.29 is 127 Å². The second kappa shape index (κ2) is 50.8. The molecule has 0 aromatic heterocycles. The third-order valence-electron chi connectivity index (χ3n) is 17.2. The summed E-state index contributed by atoms with van der Waals surface area (Å²) in [7, 11) is 1.55. The monoisotopic (exact) mass is 1440 g/mol. The topological polar surface area (TPSA) is 529 Å². The van der Waals surface area contributed by atoms with Gasteiger partial charge in [0.05, 0.1) is 26.4 Å². The lowest BCUT2D eigenvalue weighted by molar-refractivity contribution is -0.270. The standard InChI is InChI=1S/C65H117N9O26/c1-39(79)70-53-59(90)56(87)45(35-76)98-63(53)95-31-14-8-21-48(82)66-27-12-6-19-43(73-51(85)24-17-30-68-50(84)23-10-16-33-97-65-55(72-41(3)81)61(92)58(89)47(37-78)100-65)25-26-52(86)74-44(62(93)69-29-11-5-18-42(34-75)38-94-4)20-7-13-28-67-49(83)22-9-15-32-96-64-54(71-40(2)80)60(91)57(88)46(36-77)99-64/h42-47,53-61,63-65,75-78,87-92H,5-38H2,1-4H3,(H,66,82)(H,67,83)(H,68,84)(H,69,93)(H,70,79)(H,71,80)(H,72,81)(H,73,85)(H,74,86)/t42?,43-,44-,45?,46?,47?,53?,54?,55?,56-,57-,58-,59+,60+,61+,63+,64+,65+/m0/s1. The maximum atomic E-state index is 13.8. The van der Waals surface area contributed by atoms with Gasteiger partial charge in [-0.3, -0.25) is 43.2 Å². The number of ether oxygens (including phenoxy) is 7. The van der Waals surface area contributed by atoms with Crippen LogP contribution in [0.2, 0.25) is 0 Å². The molecular formula is C65H117N9O26. The number of carbonyl (C=O) groups is 9. The number of rotatable bonds is 52. The van der Waals surface area contributed by atoms with E-state index in [0.717, 1.165) is 0 Å². The Labute approximate surface area is 584 Å². The summed E-state index contributed by atoms with van der Waals surface area (Å²) in [5.41, 5.74) is 0. The predicted molar refractivity (Wildman–Crippen MR) is 354 cm³/mol. The zero-order valence-corrected chi connectivity index (χ0v) is 58.4. The first-order valence-electron chi connectivity index (χ1n) is 35.2. The smallest absolute Gasteiger partial charge is 0.242 e. The Morgan fingerprint density at radius 1 is 0.390 bits per heavy atom. The van der Waals surface area contributed by atoms with Gasteiger partial charge in [0.2, 0.25) is 53.2 Å². The van der Waals surface area contributed by atoms with E-state index in [1.54, 1.807) is 7.11 Å². The Hall–Kier alpha value is -5.45. The van der Waals surface area contributed by atoms with Gasteiger partial charge in [0.25, 0.3) is 0 Å². The average Bonchev–Trinajstić information content (AvgIpc) is 0.824.